The van der Waals surface area contributed by atoms with Gasteiger partial charge in [-0.2, -0.15) is 5.10 Å². The lowest BCUT2D eigenvalue weighted by molar-refractivity contribution is -0.111. The van der Waals surface area contributed by atoms with E-state index in [0.717, 1.165) is 23.6 Å². The molecule has 2 aromatic rings. The van der Waals surface area contributed by atoms with E-state index in [2.05, 4.69) is 32.7 Å². The van der Waals surface area contributed by atoms with E-state index in [1.54, 1.807) is 0 Å². The first kappa shape index (κ1) is 14.3. The van der Waals surface area contributed by atoms with Gasteiger partial charge in [0.25, 0.3) is 0 Å². The maximum atomic E-state index is 11.3. The summed E-state index contributed by atoms with van der Waals surface area (Å²) in [5.41, 5.74) is 2.68. The van der Waals surface area contributed by atoms with Crippen LogP contribution in [0.1, 0.15) is 18.4 Å². The van der Waals surface area contributed by atoms with Crippen molar-refractivity contribution in [1.29, 1.82) is 0 Å². The second-order valence-corrected chi connectivity index (χ2v) is 5.32. The zero-order chi connectivity index (χ0) is 15.4. The highest BCUT2D eigenvalue weighted by atomic mass is 16.1. The van der Waals surface area contributed by atoms with Gasteiger partial charge >= 0.3 is 0 Å². The van der Waals surface area contributed by atoms with Crippen molar-refractivity contribution < 1.29 is 4.79 Å². The summed E-state index contributed by atoms with van der Waals surface area (Å²) >= 11 is 0. The van der Waals surface area contributed by atoms with E-state index in [1.165, 1.54) is 18.9 Å². The minimum atomic E-state index is -0.229. The van der Waals surface area contributed by atoms with Crippen LogP contribution in [-0.2, 0) is 11.3 Å². The van der Waals surface area contributed by atoms with Gasteiger partial charge in [0.2, 0.25) is 5.91 Å². The first-order chi connectivity index (χ1) is 10.7. The number of benzene rings is 1. The van der Waals surface area contributed by atoms with Gasteiger partial charge in [0.15, 0.2) is 0 Å². The molecule has 0 bridgehead atoms. The fourth-order valence-electron chi connectivity index (χ4n) is 2.11. The molecule has 1 aliphatic carbocycles. The van der Waals surface area contributed by atoms with Crippen LogP contribution >= 0.6 is 0 Å². The summed E-state index contributed by atoms with van der Waals surface area (Å²) in [6.07, 6.45) is 5.58. The van der Waals surface area contributed by atoms with Crippen molar-refractivity contribution in [1.82, 2.24) is 15.5 Å². The number of aromatic nitrogens is 2. The molecule has 0 saturated heterocycles. The Morgan fingerprint density at radius 1 is 1.41 bits per heavy atom. The number of anilines is 3. The van der Waals surface area contributed by atoms with Gasteiger partial charge in [0.1, 0.15) is 5.82 Å². The smallest absolute Gasteiger partial charge is 0.247 e. The van der Waals surface area contributed by atoms with E-state index in [-0.39, 0.29) is 5.91 Å². The number of aromatic amines is 1. The number of hydrogen-bond acceptors (Lipinski definition) is 4. The minimum Gasteiger partial charge on any atom is -0.340 e. The van der Waals surface area contributed by atoms with Gasteiger partial charge in [-0.15, -0.1) is 0 Å². The van der Waals surface area contributed by atoms with E-state index in [4.69, 9.17) is 0 Å². The van der Waals surface area contributed by atoms with Crippen LogP contribution < -0.4 is 16.0 Å². The normalized spacial score (nSPS) is 13.6. The highest BCUT2D eigenvalue weighted by Gasteiger charge is 2.20. The van der Waals surface area contributed by atoms with Crippen LogP contribution in [0.15, 0.2) is 43.1 Å². The van der Waals surface area contributed by atoms with Crippen LogP contribution in [0, 0.1) is 0 Å². The predicted octanol–water partition coefficient (Wildman–Crippen LogP) is 2.53. The Balaban J connectivity index is 1.67. The van der Waals surface area contributed by atoms with Crippen molar-refractivity contribution in [3.8, 4) is 0 Å². The first-order valence-electron chi connectivity index (χ1n) is 7.31. The van der Waals surface area contributed by atoms with Gasteiger partial charge < -0.3 is 16.0 Å². The maximum Gasteiger partial charge on any atom is 0.247 e. The summed E-state index contributed by atoms with van der Waals surface area (Å²) in [4.78, 5) is 11.3. The fourth-order valence-corrected chi connectivity index (χ4v) is 2.11. The quantitative estimate of drug-likeness (QED) is 0.592. The Hall–Kier alpha value is -2.60. The molecule has 3 rings (SSSR count). The molecule has 0 atom stereocenters. The third-order valence-electron chi connectivity index (χ3n) is 3.46. The van der Waals surface area contributed by atoms with Crippen molar-refractivity contribution >= 4 is 23.1 Å². The van der Waals surface area contributed by atoms with Crippen molar-refractivity contribution in [3.05, 3.63) is 48.7 Å². The second-order valence-electron chi connectivity index (χ2n) is 5.32. The predicted molar refractivity (Wildman–Crippen MR) is 87.0 cm³/mol. The van der Waals surface area contributed by atoms with Crippen LogP contribution in [-0.4, -0.2) is 22.1 Å². The second kappa shape index (κ2) is 6.44. The first-order valence-corrected chi connectivity index (χ1v) is 7.31. The molecule has 114 valence electrons. The summed E-state index contributed by atoms with van der Waals surface area (Å²) in [6.45, 7) is 4.23. The van der Waals surface area contributed by atoms with Crippen molar-refractivity contribution in [3.63, 3.8) is 0 Å². The molecule has 0 aliphatic heterocycles. The lowest BCUT2D eigenvalue weighted by Crippen LogP contribution is -2.15. The monoisotopic (exact) mass is 297 g/mol. The molecular weight excluding hydrogens is 278 g/mol. The SMILES string of the molecule is C=CC(=O)Nc1cccc(Nc2[nH]ncc2CNC2CC2)c1. The third-order valence-corrected chi connectivity index (χ3v) is 3.46. The number of H-pyrrole nitrogens is 1. The summed E-state index contributed by atoms with van der Waals surface area (Å²) in [7, 11) is 0. The lowest BCUT2D eigenvalue weighted by atomic mass is 10.2. The molecule has 4 N–H and O–H groups in total. The standard InChI is InChI=1S/C16H19N5O/c1-2-15(22)19-13-4-3-5-14(8-13)20-16-11(10-18-21-16)9-17-12-6-7-12/h2-5,8,10,12,17H,1,6-7,9H2,(H,19,22)(H2,18,20,21). The van der Waals surface area contributed by atoms with Crippen LogP contribution in [0.2, 0.25) is 0 Å². The molecule has 6 heteroatoms. The Labute approximate surface area is 129 Å². The highest BCUT2D eigenvalue weighted by Crippen LogP contribution is 2.23. The van der Waals surface area contributed by atoms with E-state index < -0.39 is 0 Å². The number of nitrogens with zero attached hydrogens (tertiary/aromatic N) is 1. The number of rotatable bonds is 7. The molecule has 0 radical (unpaired) electrons. The fraction of sp³-hybridized carbons (Fsp3) is 0.250. The maximum absolute atomic E-state index is 11.3. The largest absolute Gasteiger partial charge is 0.340 e. The Morgan fingerprint density at radius 2 is 2.23 bits per heavy atom. The van der Waals surface area contributed by atoms with Gasteiger partial charge in [-0.3, -0.25) is 9.89 Å². The van der Waals surface area contributed by atoms with E-state index in [9.17, 15) is 4.79 Å². The summed E-state index contributed by atoms with van der Waals surface area (Å²) in [6, 6.07) is 8.15. The van der Waals surface area contributed by atoms with Gasteiger partial charge in [-0.25, -0.2) is 0 Å². The molecule has 1 aromatic carbocycles. The van der Waals surface area contributed by atoms with Gasteiger partial charge in [0, 0.05) is 29.5 Å². The van der Waals surface area contributed by atoms with Crippen LogP contribution in [0.4, 0.5) is 17.2 Å². The molecule has 6 nitrogen and oxygen atoms in total. The molecule has 1 fully saturated rings. The summed E-state index contributed by atoms with van der Waals surface area (Å²) < 4.78 is 0. The summed E-state index contributed by atoms with van der Waals surface area (Å²) in [5, 5.41) is 16.6. The van der Waals surface area contributed by atoms with Crippen molar-refractivity contribution in [2.45, 2.75) is 25.4 Å². The zero-order valence-corrected chi connectivity index (χ0v) is 12.2. The summed E-state index contributed by atoms with van der Waals surface area (Å²) in [5.74, 6) is 0.633. The number of amides is 1. The zero-order valence-electron chi connectivity index (χ0n) is 12.2. The van der Waals surface area contributed by atoms with Crippen molar-refractivity contribution in [2.75, 3.05) is 10.6 Å². The van der Waals surface area contributed by atoms with Crippen LogP contribution in [0.3, 0.4) is 0 Å². The average molecular weight is 297 g/mol. The van der Waals surface area contributed by atoms with Gasteiger partial charge in [-0.1, -0.05) is 12.6 Å². The molecule has 1 aliphatic rings. The average Bonchev–Trinajstić information content (AvgIpc) is 3.25. The molecule has 1 heterocycles. The Kier molecular flexibility index (Phi) is 4.20. The molecule has 0 spiro atoms. The minimum absolute atomic E-state index is 0.229. The van der Waals surface area contributed by atoms with E-state index in [1.807, 2.05) is 30.5 Å². The van der Waals surface area contributed by atoms with Gasteiger partial charge in [-0.05, 0) is 37.1 Å². The van der Waals surface area contributed by atoms with Crippen LogP contribution in [0.5, 0.6) is 0 Å². The van der Waals surface area contributed by atoms with Crippen LogP contribution in [0.25, 0.3) is 0 Å². The number of nitrogens with one attached hydrogen (secondary N) is 4. The van der Waals surface area contributed by atoms with E-state index in [0.29, 0.717) is 11.7 Å². The molecule has 0 unspecified atom stereocenters. The molecular formula is C16H19N5O. The number of carbonyl (C=O) groups excluding carboxylic acids is 1. The number of hydrogen-bond donors (Lipinski definition) is 4. The highest BCUT2D eigenvalue weighted by molar-refractivity contribution is 5.99. The van der Waals surface area contributed by atoms with E-state index >= 15 is 0 Å². The van der Waals surface area contributed by atoms with Gasteiger partial charge in [0.05, 0.1) is 6.20 Å². The topological polar surface area (TPSA) is 81.8 Å². The molecule has 1 aromatic heterocycles. The Morgan fingerprint density at radius 3 is 3.00 bits per heavy atom. The molecule has 1 saturated carbocycles. The lowest BCUT2D eigenvalue weighted by Gasteiger charge is -2.09. The van der Waals surface area contributed by atoms with Crippen molar-refractivity contribution in [2.24, 2.45) is 0 Å². The molecule has 22 heavy (non-hydrogen) atoms. The number of carbonyl (C=O) groups is 1. The third kappa shape index (κ3) is 3.73. The molecule has 1 amide bonds. The Bertz CT molecular complexity index is 675.